The number of amides is 1. The molecule has 0 aromatic heterocycles. The van der Waals surface area contributed by atoms with Gasteiger partial charge in [0.25, 0.3) is 0 Å². The SMILES string of the molecule is Nc1ccccc1CC(=O)NCC1CCC1. The lowest BCUT2D eigenvalue weighted by molar-refractivity contribution is -0.120. The fourth-order valence-electron chi connectivity index (χ4n) is 1.89. The molecule has 0 unspecified atom stereocenters. The molecule has 3 nitrogen and oxygen atoms in total. The third-order valence-electron chi connectivity index (χ3n) is 3.22. The van der Waals surface area contributed by atoms with E-state index in [0.29, 0.717) is 18.0 Å². The minimum Gasteiger partial charge on any atom is -0.398 e. The number of rotatable bonds is 4. The topological polar surface area (TPSA) is 55.1 Å². The van der Waals surface area contributed by atoms with Crippen LogP contribution in [0.2, 0.25) is 0 Å². The Morgan fingerprint density at radius 3 is 2.75 bits per heavy atom. The van der Waals surface area contributed by atoms with E-state index in [1.807, 2.05) is 24.3 Å². The van der Waals surface area contributed by atoms with Crippen LogP contribution in [0.3, 0.4) is 0 Å². The normalized spacial score (nSPS) is 15.5. The van der Waals surface area contributed by atoms with E-state index in [-0.39, 0.29) is 5.91 Å². The van der Waals surface area contributed by atoms with Crippen molar-refractivity contribution >= 4 is 11.6 Å². The lowest BCUT2D eigenvalue weighted by atomic mass is 9.85. The first-order chi connectivity index (χ1) is 7.75. The molecular weight excluding hydrogens is 200 g/mol. The van der Waals surface area contributed by atoms with Crippen molar-refractivity contribution in [3.63, 3.8) is 0 Å². The molecule has 0 spiro atoms. The predicted molar refractivity (Wildman–Crippen MR) is 64.9 cm³/mol. The van der Waals surface area contributed by atoms with Gasteiger partial charge in [-0.05, 0) is 30.4 Å². The van der Waals surface area contributed by atoms with Crippen molar-refractivity contribution in [3.8, 4) is 0 Å². The number of anilines is 1. The van der Waals surface area contributed by atoms with Crippen LogP contribution in [0.4, 0.5) is 5.69 Å². The summed E-state index contributed by atoms with van der Waals surface area (Å²) in [6.07, 6.45) is 4.22. The Morgan fingerprint density at radius 2 is 2.12 bits per heavy atom. The van der Waals surface area contributed by atoms with Crippen molar-refractivity contribution in [3.05, 3.63) is 29.8 Å². The van der Waals surface area contributed by atoms with E-state index in [2.05, 4.69) is 5.32 Å². The van der Waals surface area contributed by atoms with Gasteiger partial charge in [-0.25, -0.2) is 0 Å². The summed E-state index contributed by atoms with van der Waals surface area (Å²) in [5, 5.41) is 2.97. The van der Waals surface area contributed by atoms with Crippen molar-refractivity contribution in [2.24, 2.45) is 5.92 Å². The molecule has 1 aliphatic carbocycles. The Kier molecular flexibility index (Phi) is 3.44. The Labute approximate surface area is 96.0 Å². The molecule has 2 rings (SSSR count). The summed E-state index contributed by atoms with van der Waals surface area (Å²) < 4.78 is 0. The minimum absolute atomic E-state index is 0.0739. The summed E-state index contributed by atoms with van der Waals surface area (Å²) in [4.78, 5) is 11.6. The van der Waals surface area contributed by atoms with E-state index < -0.39 is 0 Å². The van der Waals surface area contributed by atoms with Gasteiger partial charge < -0.3 is 11.1 Å². The summed E-state index contributed by atoms with van der Waals surface area (Å²) in [6, 6.07) is 7.52. The van der Waals surface area contributed by atoms with E-state index in [1.54, 1.807) is 0 Å². The predicted octanol–water partition coefficient (Wildman–Crippen LogP) is 1.73. The summed E-state index contributed by atoms with van der Waals surface area (Å²) in [5.74, 6) is 0.780. The van der Waals surface area contributed by atoms with Gasteiger partial charge in [0.2, 0.25) is 5.91 Å². The van der Waals surface area contributed by atoms with Crippen molar-refractivity contribution in [2.45, 2.75) is 25.7 Å². The molecule has 0 saturated heterocycles. The number of hydrogen-bond acceptors (Lipinski definition) is 2. The number of nitrogen functional groups attached to an aromatic ring is 1. The number of para-hydroxylation sites is 1. The number of carbonyl (C=O) groups is 1. The molecule has 0 atom stereocenters. The second-order valence-electron chi connectivity index (χ2n) is 4.48. The van der Waals surface area contributed by atoms with Gasteiger partial charge in [0.1, 0.15) is 0 Å². The smallest absolute Gasteiger partial charge is 0.224 e. The average Bonchev–Trinajstić information content (AvgIpc) is 2.19. The zero-order valence-corrected chi connectivity index (χ0v) is 9.41. The van der Waals surface area contributed by atoms with Gasteiger partial charge in [-0.3, -0.25) is 4.79 Å². The fraction of sp³-hybridized carbons (Fsp3) is 0.462. The second-order valence-corrected chi connectivity index (χ2v) is 4.48. The lowest BCUT2D eigenvalue weighted by Crippen LogP contribution is -2.33. The molecule has 0 aliphatic heterocycles. The van der Waals surface area contributed by atoms with Gasteiger partial charge in [-0.15, -0.1) is 0 Å². The molecule has 3 N–H and O–H groups in total. The average molecular weight is 218 g/mol. The Hall–Kier alpha value is -1.51. The van der Waals surface area contributed by atoms with Crippen LogP contribution < -0.4 is 11.1 Å². The van der Waals surface area contributed by atoms with Crippen LogP contribution in [0.15, 0.2) is 24.3 Å². The largest absolute Gasteiger partial charge is 0.398 e. The van der Waals surface area contributed by atoms with Gasteiger partial charge in [-0.1, -0.05) is 24.6 Å². The maximum Gasteiger partial charge on any atom is 0.224 e. The molecule has 1 fully saturated rings. The van der Waals surface area contributed by atoms with E-state index in [9.17, 15) is 4.79 Å². The van der Waals surface area contributed by atoms with E-state index in [1.165, 1.54) is 19.3 Å². The van der Waals surface area contributed by atoms with Crippen molar-refractivity contribution in [1.29, 1.82) is 0 Å². The molecule has 16 heavy (non-hydrogen) atoms. The van der Waals surface area contributed by atoms with Crippen molar-refractivity contribution < 1.29 is 4.79 Å². The summed E-state index contributed by atoms with van der Waals surface area (Å²) in [7, 11) is 0. The third kappa shape index (κ3) is 2.75. The van der Waals surface area contributed by atoms with Crippen LogP contribution in [0.1, 0.15) is 24.8 Å². The van der Waals surface area contributed by atoms with E-state index >= 15 is 0 Å². The molecule has 1 saturated carbocycles. The third-order valence-corrected chi connectivity index (χ3v) is 3.22. The molecule has 0 bridgehead atoms. The maximum atomic E-state index is 11.6. The molecule has 1 aliphatic rings. The first-order valence-electron chi connectivity index (χ1n) is 5.86. The van der Waals surface area contributed by atoms with Gasteiger partial charge >= 0.3 is 0 Å². The quantitative estimate of drug-likeness (QED) is 0.756. The first kappa shape index (κ1) is 11.0. The summed E-state index contributed by atoms with van der Waals surface area (Å²) >= 11 is 0. The molecule has 0 radical (unpaired) electrons. The van der Waals surface area contributed by atoms with Crippen LogP contribution >= 0.6 is 0 Å². The molecule has 0 heterocycles. The van der Waals surface area contributed by atoms with Gasteiger partial charge in [-0.2, -0.15) is 0 Å². The highest BCUT2D eigenvalue weighted by Gasteiger charge is 2.17. The van der Waals surface area contributed by atoms with E-state index in [0.717, 1.165) is 12.1 Å². The van der Waals surface area contributed by atoms with Crippen LogP contribution in [0.5, 0.6) is 0 Å². The van der Waals surface area contributed by atoms with Crippen molar-refractivity contribution in [1.82, 2.24) is 5.32 Å². The van der Waals surface area contributed by atoms with Crippen LogP contribution in [0.25, 0.3) is 0 Å². The molecule has 1 aromatic carbocycles. The Bertz CT molecular complexity index is 372. The second kappa shape index (κ2) is 5.01. The van der Waals surface area contributed by atoms with Gasteiger partial charge in [0, 0.05) is 12.2 Å². The lowest BCUT2D eigenvalue weighted by Gasteiger charge is -2.25. The first-order valence-corrected chi connectivity index (χ1v) is 5.86. The number of benzene rings is 1. The molecular formula is C13H18N2O. The number of carbonyl (C=O) groups excluding carboxylic acids is 1. The zero-order chi connectivity index (χ0) is 11.4. The number of nitrogens with one attached hydrogen (secondary N) is 1. The fourth-order valence-corrected chi connectivity index (χ4v) is 1.89. The minimum atomic E-state index is 0.0739. The Balaban J connectivity index is 1.80. The monoisotopic (exact) mass is 218 g/mol. The van der Waals surface area contributed by atoms with Crippen molar-refractivity contribution in [2.75, 3.05) is 12.3 Å². The highest BCUT2D eigenvalue weighted by Crippen LogP contribution is 2.25. The standard InChI is InChI=1S/C13H18N2O/c14-12-7-2-1-6-11(12)8-13(16)15-9-10-4-3-5-10/h1-2,6-7,10H,3-5,8-9,14H2,(H,15,16). The van der Waals surface area contributed by atoms with Crippen LogP contribution in [0, 0.1) is 5.92 Å². The van der Waals surface area contributed by atoms with Gasteiger partial charge in [0.05, 0.1) is 6.42 Å². The van der Waals surface area contributed by atoms with Gasteiger partial charge in [0.15, 0.2) is 0 Å². The Morgan fingerprint density at radius 1 is 1.38 bits per heavy atom. The molecule has 86 valence electrons. The molecule has 1 aromatic rings. The van der Waals surface area contributed by atoms with E-state index in [4.69, 9.17) is 5.73 Å². The highest BCUT2D eigenvalue weighted by molar-refractivity contribution is 5.80. The maximum absolute atomic E-state index is 11.6. The van der Waals surface area contributed by atoms with Crippen LogP contribution in [-0.2, 0) is 11.2 Å². The number of hydrogen-bond donors (Lipinski definition) is 2. The molecule has 1 amide bonds. The number of nitrogens with two attached hydrogens (primary N) is 1. The molecule has 3 heteroatoms. The summed E-state index contributed by atoms with van der Waals surface area (Å²) in [6.45, 7) is 0.825. The zero-order valence-electron chi connectivity index (χ0n) is 9.41. The van der Waals surface area contributed by atoms with Crippen LogP contribution in [-0.4, -0.2) is 12.5 Å². The highest BCUT2D eigenvalue weighted by atomic mass is 16.1. The summed E-state index contributed by atoms with van der Waals surface area (Å²) in [5.41, 5.74) is 7.39.